The fraction of sp³-hybridized carbons (Fsp3) is 0.0909. The number of rotatable bonds is 3. The van der Waals surface area contributed by atoms with Gasteiger partial charge in [0.25, 0.3) is 0 Å². The van der Waals surface area contributed by atoms with Crippen LogP contribution < -0.4 is 0 Å². The second-order valence-corrected chi connectivity index (χ2v) is 6.89. The summed E-state index contributed by atoms with van der Waals surface area (Å²) < 4.78 is 1.05. The fourth-order valence-electron chi connectivity index (χ4n) is 2.98. The van der Waals surface area contributed by atoms with Crippen LogP contribution in [0.15, 0.2) is 83.5 Å². The van der Waals surface area contributed by atoms with Crippen LogP contribution in [0.1, 0.15) is 18.5 Å². The number of aromatic nitrogens is 2. The summed E-state index contributed by atoms with van der Waals surface area (Å²) >= 11 is 3.56. The van der Waals surface area contributed by atoms with E-state index in [4.69, 9.17) is 4.98 Å². The highest BCUT2D eigenvalue weighted by molar-refractivity contribution is 9.10. The van der Waals surface area contributed by atoms with Crippen LogP contribution in [0, 0.1) is 0 Å². The minimum Gasteiger partial charge on any atom is -0.236 e. The van der Waals surface area contributed by atoms with Crippen molar-refractivity contribution >= 4 is 21.5 Å². The van der Waals surface area contributed by atoms with Gasteiger partial charge in [0.2, 0.25) is 0 Å². The molecule has 3 aromatic rings. The molecule has 2 aromatic carbocycles. The summed E-state index contributed by atoms with van der Waals surface area (Å²) in [5, 5.41) is 0. The van der Waals surface area contributed by atoms with Gasteiger partial charge in [-0.3, -0.25) is 0 Å². The summed E-state index contributed by atoms with van der Waals surface area (Å²) in [5.74, 6) is 0.759. The highest BCUT2D eigenvalue weighted by Crippen LogP contribution is 2.32. The lowest BCUT2D eigenvalue weighted by molar-refractivity contribution is 1.03. The number of hydrogen-bond donors (Lipinski definition) is 0. The van der Waals surface area contributed by atoms with E-state index in [1.54, 1.807) is 0 Å². The molecule has 0 fully saturated rings. The Labute approximate surface area is 156 Å². The van der Waals surface area contributed by atoms with E-state index in [1.807, 2.05) is 48.7 Å². The third kappa shape index (κ3) is 3.47. The Morgan fingerprint density at radius 1 is 0.880 bits per heavy atom. The SMILES string of the molecule is Brc1cccc(-c2cnc(-c3ccccc3)nc2C2=CCCC=C2)c1. The molecule has 0 spiro atoms. The highest BCUT2D eigenvalue weighted by Gasteiger charge is 2.14. The van der Waals surface area contributed by atoms with Gasteiger partial charge in [-0.2, -0.15) is 0 Å². The molecule has 0 saturated heterocycles. The van der Waals surface area contributed by atoms with E-state index < -0.39 is 0 Å². The van der Waals surface area contributed by atoms with Gasteiger partial charge in [-0.1, -0.05) is 76.6 Å². The first-order valence-corrected chi connectivity index (χ1v) is 9.16. The zero-order chi connectivity index (χ0) is 17.1. The quantitative estimate of drug-likeness (QED) is 0.525. The summed E-state index contributed by atoms with van der Waals surface area (Å²) in [6.45, 7) is 0. The van der Waals surface area contributed by atoms with E-state index in [1.165, 1.54) is 5.57 Å². The maximum Gasteiger partial charge on any atom is 0.159 e. The van der Waals surface area contributed by atoms with Crippen LogP contribution >= 0.6 is 15.9 Å². The first-order chi connectivity index (χ1) is 12.3. The molecule has 2 nitrogen and oxygen atoms in total. The van der Waals surface area contributed by atoms with Crippen molar-refractivity contribution in [2.24, 2.45) is 0 Å². The molecule has 122 valence electrons. The summed E-state index contributed by atoms with van der Waals surface area (Å²) in [6, 6.07) is 18.4. The maximum atomic E-state index is 4.93. The normalized spacial score (nSPS) is 13.6. The summed E-state index contributed by atoms with van der Waals surface area (Å²) in [4.78, 5) is 9.56. The Morgan fingerprint density at radius 3 is 2.48 bits per heavy atom. The van der Waals surface area contributed by atoms with E-state index in [2.05, 4.69) is 51.3 Å². The summed E-state index contributed by atoms with van der Waals surface area (Å²) in [5.41, 5.74) is 5.36. The molecule has 1 aromatic heterocycles. The molecule has 3 heteroatoms. The van der Waals surface area contributed by atoms with Crippen molar-refractivity contribution in [3.05, 3.63) is 89.2 Å². The molecule has 1 heterocycles. The van der Waals surface area contributed by atoms with E-state index in [0.29, 0.717) is 0 Å². The van der Waals surface area contributed by atoms with Crippen LogP contribution in [0.5, 0.6) is 0 Å². The zero-order valence-electron chi connectivity index (χ0n) is 13.7. The van der Waals surface area contributed by atoms with Gasteiger partial charge in [-0.15, -0.1) is 0 Å². The van der Waals surface area contributed by atoms with Crippen molar-refractivity contribution in [1.29, 1.82) is 0 Å². The van der Waals surface area contributed by atoms with Crippen molar-refractivity contribution < 1.29 is 0 Å². The smallest absolute Gasteiger partial charge is 0.159 e. The Balaban J connectivity index is 1.89. The summed E-state index contributed by atoms with van der Waals surface area (Å²) in [6.07, 6.45) is 10.7. The number of nitrogens with zero attached hydrogens (tertiary/aromatic N) is 2. The predicted octanol–water partition coefficient (Wildman–Crippen LogP) is 6.31. The molecule has 1 aliphatic rings. The number of halogens is 1. The molecule has 0 unspecified atom stereocenters. The first-order valence-electron chi connectivity index (χ1n) is 8.37. The van der Waals surface area contributed by atoms with E-state index >= 15 is 0 Å². The Kier molecular flexibility index (Phi) is 4.57. The number of hydrogen-bond acceptors (Lipinski definition) is 2. The average Bonchev–Trinajstić information content (AvgIpc) is 2.69. The summed E-state index contributed by atoms with van der Waals surface area (Å²) in [7, 11) is 0. The lowest BCUT2D eigenvalue weighted by atomic mass is 9.97. The molecule has 0 atom stereocenters. The molecule has 25 heavy (non-hydrogen) atoms. The molecular weight excluding hydrogens is 372 g/mol. The second-order valence-electron chi connectivity index (χ2n) is 5.97. The van der Waals surface area contributed by atoms with E-state index in [9.17, 15) is 0 Å². The Morgan fingerprint density at radius 2 is 1.72 bits per heavy atom. The van der Waals surface area contributed by atoms with Gasteiger partial charge in [0.15, 0.2) is 5.82 Å². The van der Waals surface area contributed by atoms with Gasteiger partial charge in [0.1, 0.15) is 0 Å². The minimum atomic E-state index is 0.759. The molecule has 0 N–H and O–H groups in total. The van der Waals surface area contributed by atoms with Crippen molar-refractivity contribution in [1.82, 2.24) is 9.97 Å². The van der Waals surface area contributed by atoms with Crippen molar-refractivity contribution in [2.45, 2.75) is 12.8 Å². The van der Waals surface area contributed by atoms with Gasteiger partial charge in [-0.25, -0.2) is 9.97 Å². The zero-order valence-corrected chi connectivity index (χ0v) is 15.3. The number of benzene rings is 2. The molecule has 0 radical (unpaired) electrons. The third-order valence-electron chi connectivity index (χ3n) is 4.22. The molecule has 0 bridgehead atoms. The minimum absolute atomic E-state index is 0.759. The van der Waals surface area contributed by atoms with E-state index in [-0.39, 0.29) is 0 Å². The highest BCUT2D eigenvalue weighted by atomic mass is 79.9. The molecular formula is C22H17BrN2. The van der Waals surface area contributed by atoms with Crippen LogP contribution in [-0.2, 0) is 0 Å². The van der Waals surface area contributed by atoms with Crippen molar-refractivity contribution in [3.8, 4) is 22.5 Å². The van der Waals surface area contributed by atoms with E-state index in [0.717, 1.165) is 45.5 Å². The molecule has 1 aliphatic carbocycles. The van der Waals surface area contributed by atoms with Crippen LogP contribution in [-0.4, -0.2) is 9.97 Å². The Hall–Kier alpha value is -2.52. The van der Waals surface area contributed by atoms with Crippen LogP contribution in [0.3, 0.4) is 0 Å². The molecule has 4 rings (SSSR count). The van der Waals surface area contributed by atoms with Gasteiger partial charge in [0.05, 0.1) is 5.69 Å². The lowest BCUT2D eigenvalue weighted by Gasteiger charge is -2.14. The number of allylic oxidation sites excluding steroid dienone is 4. The topological polar surface area (TPSA) is 25.8 Å². The standard InChI is InChI=1S/C22H17BrN2/c23-19-13-7-12-18(14-19)20-15-24-22(17-10-5-2-6-11-17)25-21(20)16-8-3-1-4-9-16/h2-3,5-15H,1,4H2. The first kappa shape index (κ1) is 16.0. The van der Waals surface area contributed by atoms with Gasteiger partial charge >= 0.3 is 0 Å². The Bertz CT molecular complexity index is 959. The van der Waals surface area contributed by atoms with Gasteiger partial charge in [-0.05, 0) is 36.1 Å². The van der Waals surface area contributed by atoms with Crippen LogP contribution in [0.4, 0.5) is 0 Å². The average molecular weight is 389 g/mol. The third-order valence-corrected chi connectivity index (χ3v) is 4.72. The van der Waals surface area contributed by atoms with Crippen LogP contribution in [0.25, 0.3) is 28.1 Å². The monoisotopic (exact) mass is 388 g/mol. The maximum absolute atomic E-state index is 4.93. The molecule has 0 aliphatic heterocycles. The van der Waals surface area contributed by atoms with Gasteiger partial charge < -0.3 is 0 Å². The van der Waals surface area contributed by atoms with Crippen molar-refractivity contribution in [2.75, 3.05) is 0 Å². The predicted molar refractivity (Wildman–Crippen MR) is 107 cm³/mol. The lowest BCUT2D eigenvalue weighted by Crippen LogP contribution is -1.99. The molecule has 0 amide bonds. The second kappa shape index (κ2) is 7.16. The fourth-order valence-corrected chi connectivity index (χ4v) is 3.38. The molecule has 0 saturated carbocycles. The largest absolute Gasteiger partial charge is 0.236 e. The van der Waals surface area contributed by atoms with Crippen LogP contribution in [0.2, 0.25) is 0 Å². The van der Waals surface area contributed by atoms with Gasteiger partial charge in [0, 0.05) is 21.8 Å². The van der Waals surface area contributed by atoms with Crippen molar-refractivity contribution in [3.63, 3.8) is 0 Å².